The van der Waals surface area contributed by atoms with E-state index in [2.05, 4.69) is 20.1 Å². The fraction of sp³-hybridized carbons (Fsp3) is 0.667. The molecule has 2 aliphatic rings. The number of aromatic nitrogens is 2. The molecule has 0 atom stereocenters. The molecule has 0 aromatic carbocycles. The highest BCUT2D eigenvalue weighted by molar-refractivity contribution is 5.31. The number of anilines is 2. The Morgan fingerprint density at radius 3 is 1.84 bits per heavy atom. The Morgan fingerprint density at radius 1 is 0.947 bits per heavy atom. The maximum Gasteiger partial charge on any atom is 0.221 e. The Hall–Kier alpha value is -1.44. The molecule has 7 nitrogen and oxygen atoms in total. The first-order chi connectivity index (χ1) is 9.24. The molecule has 0 radical (unpaired) electrons. The Bertz CT molecular complexity index is 345. The summed E-state index contributed by atoms with van der Waals surface area (Å²) in [7, 11) is 0. The number of hydroxylamine groups is 4. The summed E-state index contributed by atoms with van der Waals surface area (Å²) >= 11 is 0. The maximum absolute atomic E-state index is 5.64. The van der Waals surface area contributed by atoms with E-state index in [1.807, 2.05) is 0 Å². The van der Waals surface area contributed by atoms with E-state index in [0.29, 0.717) is 5.82 Å². The average Bonchev–Trinajstić information content (AvgIpc) is 3.03. The van der Waals surface area contributed by atoms with Gasteiger partial charge in [0.05, 0.1) is 0 Å². The fourth-order valence-electron chi connectivity index (χ4n) is 2.09. The van der Waals surface area contributed by atoms with Gasteiger partial charge < -0.3 is 11.5 Å². The fourth-order valence-corrected chi connectivity index (χ4v) is 2.09. The number of nitrogens with two attached hydrogens (primary N) is 2. The van der Waals surface area contributed by atoms with Crippen molar-refractivity contribution in [3.05, 3.63) is 12.3 Å². The third-order valence-corrected chi connectivity index (χ3v) is 3.06. The van der Waals surface area contributed by atoms with Crippen molar-refractivity contribution in [1.82, 2.24) is 20.1 Å². The number of nitrogens with zero attached hydrogens (tertiary/aromatic N) is 4. The van der Waals surface area contributed by atoms with Crippen LogP contribution in [0.1, 0.15) is 25.7 Å². The number of rotatable bonds is 2. The molecule has 0 amide bonds. The summed E-state index contributed by atoms with van der Waals surface area (Å²) in [6.07, 6.45) is 6.71. The molecule has 3 heterocycles. The van der Waals surface area contributed by atoms with Gasteiger partial charge in [-0.25, -0.2) is 9.92 Å². The van der Waals surface area contributed by atoms with E-state index in [1.165, 1.54) is 31.9 Å². The Morgan fingerprint density at radius 2 is 1.47 bits per heavy atom. The number of nitrogen functional groups attached to an aromatic ring is 2. The third kappa shape index (κ3) is 4.98. The van der Waals surface area contributed by atoms with Crippen molar-refractivity contribution in [2.45, 2.75) is 25.7 Å². The third-order valence-electron chi connectivity index (χ3n) is 3.06. The van der Waals surface area contributed by atoms with Gasteiger partial charge in [0.1, 0.15) is 5.82 Å². The molecular formula is C12H22N6O. The molecule has 1 aromatic heterocycles. The zero-order chi connectivity index (χ0) is 13.5. The number of hydrogen-bond acceptors (Lipinski definition) is 7. The molecule has 0 spiro atoms. The number of hydrogen-bond donors (Lipinski definition) is 2. The summed E-state index contributed by atoms with van der Waals surface area (Å²) in [6.45, 7) is 4.49. The van der Waals surface area contributed by atoms with E-state index in [1.54, 1.807) is 6.07 Å². The molecule has 2 fully saturated rings. The van der Waals surface area contributed by atoms with Gasteiger partial charge in [0, 0.05) is 32.4 Å². The molecule has 2 saturated heterocycles. The van der Waals surface area contributed by atoms with Crippen LogP contribution < -0.4 is 11.5 Å². The lowest BCUT2D eigenvalue weighted by Gasteiger charge is -2.21. The van der Waals surface area contributed by atoms with E-state index in [0.717, 1.165) is 26.2 Å². The summed E-state index contributed by atoms with van der Waals surface area (Å²) in [5, 5.41) is 4.18. The van der Waals surface area contributed by atoms with Gasteiger partial charge in [-0.15, -0.1) is 0 Å². The first-order valence-electron chi connectivity index (χ1n) is 6.76. The minimum absolute atomic E-state index is 0.213. The monoisotopic (exact) mass is 266 g/mol. The molecule has 7 heteroatoms. The lowest BCUT2D eigenvalue weighted by Crippen LogP contribution is -2.31. The highest BCUT2D eigenvalue weighted by atomic mass is 16.8. The van der Waals surface area contributed by atoms with Gasteiger partial charge in [0.2, 0.25) is 5.95 Å². The van der Waals surface area contributed by atoms with Crippen molar-refractivity contribution >= 4 is 11.8 Å². The second kappa shape index (κ2) is 7.22. The molecule has 1 aromatic rings. The molecule has 0 unspecified atom stereocenters. The minimum atomic E-state index is 0.213. The molecule has 19 heavy (non-hydrogen) atoms. The zero-order valence-electron chi connectivity index (χ0n) is 11.2. The predicted octanol–water partition coefficient (Wildman–Crippen LogP) is 0.666. The molecule has 106 valence electrons. The van der Waals surface area contributed by atoms with Crippen LogP contribution in [0.5, 0.6) is 0 Å². The smallest absolute Gasteiger partial charge is 0.221 e. The first kappa shape index (κ1) is 14.0. The normalized spacial score (nSPS) is 20.2. The van der Waals surface area contributed by atoms with E-state index >= 15 is 0 Å². The summed E-state index contributed by atoms with van der Waals surface area (Å²) in [4.78, 5) is 12.9. The second-order valence-electron chi connectivity index (χ2n) is 4.69. The lowest BCUT2D eigenvalue weighted by atomic mass is 10.4. The van der Waals surface area contributed by atoms with Gasteiger partial charge >= 0.3 is 0 Å². The molecule has 0 saturated carbocycles. The van der Waals surface area contributed by atoms with Gasteiger partial charge in [-0.3, -0.25) is 0 Å². The molecule has 0 bridgehead atoms. The quantitative estimate of drug-likeness (QED) is 0.812. The molecule has 4 N–H and O–H groups in total. The van der Waals surface area contributed by atoms with Crippen molar-refractivity contribution in [2.75, 3.05) is 37.6 Å². The van der Waals surface area contributed by atoms with Crippen LogP contribution in [0.4, 0.5) is 11.8 Å². The summed E-state index contributed by atoms with van der Waals surface area (Å²) in [5.74, 6) is 0.613. The highest BCUT2D eigenvalue weighted by Gasteiger charge is 2.18. The largest absolute Gasteiger partial charge is 0.384 e. The van der Waals surface area contributed by atoms with Crippen LogP contribution in [0.2, 0.25) is 0 Å². The molecule has 3 rings (SSSR count). The van der Waals surface area contributed by atoms with E-state index < -0.39 is 0 Å². The van der Waals surface area contributed by atoms with Gasteiger partial charge in [0.15, 0.2) is 0 Å². The van der Waals surface area contributed by atoms with E-state index in [9.17, 15) is 0 Å². The Labute approximate surface area is 113 Å². The van der Waals surface area contributed by atoms with Gasteiger partial charge in [-0.05, 0) is 31.7 Å². The van der Waals surface area contributed by atoms with Gasteiger partial charge in [0.25, 0.3) is 0 Å². The topological polar surface area (TPSA) is 93.5 Å². The molecule has 2 aliphatic heterocycles. The van der Waals surface area contributed by atoms with Crippen molar-refractivity contribution in [2.24, 2.45) is 0 Å². The van der Waals surface area contributed by atoms with Crippen LogP contribution in [0, 0.1) is 0 Å². The van der Waals surface area contributed by atoms with E-state index in [-0.39, 0.29) is 5.95 Å². The SMILES string of the molecule is C1CCN(ON2CCCC2)C1.Nc1ccnc(N)n1. The molecular weight excluding hydrogens is 244 g/mol. The van der Waals surface area contributed by atoms with Crippen LogP contribution >= 0.6 is 0 Å². The van der Waals surface area contributed by atoms with Crippen molar-refractivity contribution in [3.8, 4) is 0 Å². The standard InChI is InChI=1S/C8H16N2O.C4H6N4/c1-2-6-9(5-1)11-10-7-3-4-8-10;5-3-1-2-7-4(6)8-3/h1-8H2;1-2H,(H4,5,6,7,8). The zero-order valence-corrected chi connectivity index (χ0v) is 11.2. The summed E-state index contributed by atoms with van der Waals surface area (Å²) < 4.78 is 0. The Balaban J connectivity index is 0.000000148. The summed E-state index contributed by atoms with van der Waals surface area (Å²) in [5.41, 5.74) is 10.4. The highest BCUT2D eigenvalue weighted by Crippen LogP contribution is 2.13. The van der Waals surface area contributed by atoms with Crippen molar-refractivity contribution < 1.29 is 4.94 Å². The average molecular weight is 266 g/mol. The Kier molecular flexibility index (Phi) is 5.31. The van der Waals surface area contributed by atoms with Crippen molar-refractivity contribution in [1.29, 1.82) is 0 Å². The molecule has 0 aliphatic carbocycles. The van der Waals surface area contributed by atoms with Crippen LogP contribution in [0.3, 0.4) is 0 Å². The van der Waals surface area contributed by atoms with Gasteiger partial charge in [-0.2, -0.15) is 15.1 Å². The minimum Gasteiger partial charge on any atom is -0.384 e. The van der Waals surface area contributed by atoms with E-state index in [4.69, 9.17) is 16.4 Å². The van der Waals surface area contributed by atoms with Crippen molar-refractivity contribution in [3.63, 3.8) is 0 Å². The van der Waals surface area contributed by atoms with Crippen LogP contribution in [-0.2, 0) is 4.94 Å². The van der Waals surface area contributed by atoms with Gasteiger partial charge in [-0.1, -0.05) is 0 Å². The first-order valence-corrected chi connectivity index (χ1v) is 6.76. The van der Waals surface area contributed by atoms with Crippen LogP contribution in [0.25, 0.3) is 0 Å². The maximum atomic E-state index is 5.64. The predicted molar refractivity (Wildman–Crippen MR) is 73.6 cm³/mol. The van der Waals surface area contributed by atoms with Crippen LogP contribution in [-0.4, -0.2) is 46.3 Å². The second-order valence-corrected chi connectivity index (χ2v) is 4.69. The van der Waals surface area contributed by atoms with Crippen LogP contribution in [0.15, 0.2) is 12.3 Å². The summed E-state index contributed by atoms with van der Waals surface area (Å²) in [6, 6.07) is 1.58. The lowest BCUT2D eigenvalue weighted by molar-refractivity contribution is -0.309.